The first-order valence-electron chi connectivity index (χ1n) is 7.32. The van der Waals surface area contributed by atoms with Crippen molar-refractivity contribution in [2.75, 3.05) is 19.0 Å². The van der Waals surface area contributed by atoms with Gasteiger partial charge in [-0.1, -0.05) is 35.3 Å². The lowest BCUT2D eigenvalue weighted by Gasteiger charge is -2.13. The molecule has 1 amide bonds. The second-order valence-electron chi connectivity index (χ2n) is 5.09. The van der Waals surface area contributed by atoms with E-state index in [2.05, 4.69) is 10.3 Å². The molecule has 1 aromatic heterocycles. The molecule has 0 saturated heterocycles. The third-order valence-electron chi connectivity index (χ3n) is 3.33. The van der Waals surface area contributed by atoms with Crippen LogP contribution in [0.3, 0.4) is 0 Å². The van der Waals surface area contributed by atoms with Crippen LogP contribution in [0, 0.1) is 13.8 Å². The molecule has 1 N–H and O–H groups in total. The summed E-state index contributed by atoms with van der Waals surface area (Å²) < 4.78 is 10.8. The van der Waals surface area contributed by atoms with Gasteiger partial charge in [-0.15, -0.1) is 0 Å². The molecule has 0 aliphatic heterocycles. The third-order valence-corrected chi connectivity index (χ3v) is 4.22. The summed E-state index contributed by atoms with van der Waals surface area (Å²) in [7, 11) is 1.55. The Morgan fingerprint density at radius 3 is 2.42 bits per heavy atom. The molecule has 2 aromatic rings. The standard InChI is InChI=1S/C17H18Cl2N2O3/c1-10-15(18)17(16(19)11(2)20-10)24-9-8-14(22)21-12-6-4-5-7-13(12)23-3/h4-7H,8-9H2,1-3H3,(H,21,22). The zero-order valence-corrected chi connectivity index (χ0v) is 15.2. The van der Waals surface area contributed by atoms with Crippen LogP contribution in [-0.4, -0.2) is 24.6 Å². The molecule has 24 heavy (non-hydrogen) atoms. The lowest BCUT2D eigenvalue weighted by molar-refractivity contribution is -0.116. The number of hydrogen-bond donors (Lipinski definition) is 1. The molecule has 0 radical (unpaired) electrons. The van der Waals surface area contributed by atoms with E-state index >= 15 is 0 Å². The van der Waals surface area contributed by atoms with Gasteiger partial charge in [-0.2, -0.15) is 0 Å². The van der Waals surface area contributed by atoms with Gasteiger partial charge in [-0.3, -0.25) is 9.78 Å². The Kier molecular flexibility index (Phi) is 6.29. The van der Waals surface area contributed by atoms with E-state index in [0.717, 1.165) is 0 Å². The molecule has 5 nitrogen and oxygen atoms in total. The fourth-order valence-electron chi connectivity index (χ4n) is 2.11. The Balaban J connectivity index is 1.96. The summed E-state index contributed by atoms with van der Waals surface area (Å²) in [5, 5.41) is 3.49. The first-order chi connectivity index (χ1) is 11.4. The van der Waals surface area contributed by atoms with Crippen molar-refractivity contribution in [3.8, 4) is 11.5 Å². The minimum absolute atomic E-state index is 0.142. The number of hydrogen-bond acceptors (Lipinski definition) is 4. The van der Waals surface area contributed by atoms with Crippen molar-refractivity contribution in [3.63, 3.8) is 0 Å². The van der Waals surface area contributed by atoms with Gasteiger partial charge >= 0.3 is 0 Å². The van der Waals surface area contributed by atoms with Gasteiger partial charge in [0.25, 0.3) is 0 Å². The maximum absolute atomic E-state index is 12.0. The Morgan fingerprint density at radius 1 is 1.17 bits per heavy atom. The molecule has 0 atom stereocenters. The van der Waals surface area contributed by atoms with Crippen LogP contribution in [0.15, 0.2) is 24.3 Å². The normalized spacial score (nSPS) is 10.4. The first kappa shape index (κ1) is 18.4. The molecular weight excluding hydrogens is 351 g/mol. The minimum atomic E-state index is -0.200. The summed E-state index contributed by atoms with van der Waals surface area (Å²) in [4.78, 5) is 16.3. The van der Waals surface area contributed by atoms with Gasteiger partial charge in [0.2, 0.25) is 5.91 Å². The summed E-state index contributed by atoms with van der Waals surface area (Å²) in [6.07, 6.45) is 0.144. The van der Waals surface area contributed by atoms with Gasteiger partial charge in [0.1, 0.15) is 15.8 Å². The Hall–Kier alpha value is -1.98. The van der Waals surface area contributed by atoms with Crippen LogP contribution in [-0.2, 0) is 4.79 Å². The highest BCUT2D eigenvalue weighted by Crippen LogP contribution is 2.36. The van der Waals surface area contributed by atoms with Crippen LogP contribution in [0.1, 0.15) is 17.8 Å². The molecular formula is C17H18Cl2N2O3. The zero-order chi connectivity index (χ0) is 17.7. The minimum Gasteiger partial charge on any atom is -0.495 e. The maximum Gasteiger partial charge on any atom is 0.227 e. The molecule has 0 saturated carbocycles. The lowest BCUT2D eigenvalue weighted by atomic mass is 10.2. The molecule has 1 aromatic carbocycles. The molecule has 0 spiro atoms. The van der Waals surface area contributed by atoms with E-state index < -0.39 is 0 Å². The van der Waals surface area contributed by atoms with Crippen LogP contribution in [0.5, 0.6) is 11.5 Å². The van der Waals surface area contributed by atoms with Gasteiger partial charge in [0.05, 0.1) is 37.2 Å². The smallest absolute Gasteiger partial charge is 0.227 e. The lowest BCUT2D eigenvalue weighted by Crippen LogP contribution is -2.16. The van der Waals surface area contributed by atoms with Crippen molar-refractivity contribution >= 4 is 34.8 Å². The largest absolute Gasteiger partial charge is 0.495 e. The van der Waals surface area contributed by atoms with E-state index in [1.165, 1.54) is 0 Å². The number of amides is 1. The van der Waals surface area contributed by atoms with E-state index in [4.69, 9.17) is 32.7 Å². The van der Waals surface area contributed by atoms with Crippen molar-refractivity contribution in [3.05, 3.63) is 45.7 Å². The van der Waals surface area contributed by atoms with Crippen molar-refractivity contribution in [1.29, 1.82) is 0 Å². The summed E-state index contributed by atoms with van der Waals surface area (Å²) in [5.41, 5.74) is 1.87. The van der Waals surface area contributed by atoms with E-state index in [0.29, 0.717) is 38.6 Å². The SMILES string of the molecule is COc1ccccc1NC(=O)CCOc1c(Cl)c(C)nc(C)c1Cl. The fourth-order valence-corrected chi connectivity index (χ4v) is 2.54. The number of rotatable bonds is 6. The van der Waals surface area contributed by atoms with Crippen LogP contribution in [0.4, 0.5) is 5.69 Å². The number of ether oxygens (including phenoxy) is 2. The Bertz CT molecular complexity index is 725. The number of carbonyl (C=O) groups is 1. The number of nitrogens with zero attached hydrogens (tertiary/aromatic N) is 1. The van der Waals surface area contributed by atoms with Crippen molar-refractivity contribution in [2.24, 2.45) is 0 Å². The highest BCUT2D eigenvalue weighted by Gasteiger charge is 2.15. The maximum atomic E-state index is 12.0. The number of aromatic nitrogens is 1. The predicted molar refractivity (Wildman–Crippen MR) is 95.5 cm³/mol. The average Bonchev–Trinajstić information content (AvgIpc) is 2.56. The number of aryl methyl sites for hydroxylation is 2. The second kappa shape index (κ2) is 8.22. The summed E-state index contributed by atoms with van der Waals surface area (Å²) >= 11 is 12.3. The van der Waals surface area contributed by atoms with E-state index in [1.54, 1.807) is 33.1 Å². The molecule has 128 valence electrons. The average molecular weight is 369 g/mol. The summed E-state index contributed by atoms with van der Waals surface area (Å²) in [6, 6.07) is 7.18. The number of para-hydroxylation sites is 2. The molecule has 0 aliphatic carbocycles. The van der Waals surface area contributed by atoms with Crippen molar-refractivity contribution in [1.82, 2.24) is 4.98 Å². The Morgan fingerprint density at radius 2 is 1.79 bits per heavy atom. The molecule has 7 heteroatoms. The molecule has 0 aliphatic rings. The quantitative estimate of drug-likeness (QED) is 0.819. The monoisotopic (exact) mass is 368 g/mol. The molecule has 0 bridgehead atoms. The number of halogens is 2. The van der Waals surface area contributed by atoms with Crippen LogP contribution < -0.4 is 14.8 Å². The molecule has 0 unspecified atom stereocenters. The van der Waals surface area contributed by atoms with Crippen LogP contribution in [0.2, 0.25) is 10.0 Å². The van der Waals surface area contributed by atoms with Gasteiger partial charge in [0.15, 0.2) is 5.75 Å². The molecule has 2 rings (SSSR count). The van der Waals surface area contributed by atoms with Crippen molar-refractivity contribution in [2.45, 2.75) is 20.3 Å². The topological polar surface area (TPSA) is 60.5 Å². The van der Waals surface area contributed by atoms with Crippen molar-refractivity contribution < 1.29 is 14.3 Å². The van der Waals surface area contributed by atoms with E-state index in [-0.39, 0.29) is 18.9 Å². The van der Waals surface area contributed by atoms with Crippen LogP contribution >= 0.6 is 23.2 Å². The van der Waals surface area contributed by atoms with E-state index in [1.807, 2.05) is 12.1 Å². The zero-order valence-electron chi connectivity index (χ0n) is 13.7. The highest BCUT2D eigenvalue weighted by atomic mass is 35.5. The van der Waals surface area contributed by atoms with Gasteiger partial charge in [-0.25, -0.2) is 0 Å². The number of pyridine rings is 1. The van der Waals surface area contributed by atoms with Crippen LogP contribution in [0.25, 0.3) is 0 Å². The highest BCUT2D eigenvalue weighted by molar-refractivity contribution is 6.37. The Labute approximate surface area is 150 Å². The van der Waals surface area contributed by atoms with Gasteiger partial charge in [0, 0.05) is 0 Å². The molecule has 0 fully saturated rings. The number of nitrogens with one attached hydrogen (secondary N) is 1. The molecule has 1 heterocycles. The number of methoxy groups -OCH3 is 1. The first-order valence-corrected chi connectivity index (χ1v) is 8.07. The predicted octanol–water partition coefficient (Wildman–Crippen LogP) is 4.42. The van der Waals surface area contributed by atoms with E-state index in [9.17, 15) is 4.79 Å². The number of benzene rings is 1. The fraction of sp³-hybridized carbons (Fsp3) is 0.294. The number of anilines is 1. The number of carbonyl (C=O) groups excluding carboxylic acids is 1. The van der Waals surface area contributed by atoms with Gasteiger partial charge in [-0.05, 0) is 26.0 Å². The second-order valence-corrected chi connectivity index (χ2v) is 5.84. The summed E-state index contributed by atoms with van der Waals surface area (Å²) in [6.45, 7) is 3.68. The van der Waals surface area contributed by atoms with Gasteiger partial charge < -0.3 is 14.8 Å². The third kappa shape index (κ3) is 4.30. The summed E-state index contributed by atoms with van der Waals surface area (Å²) in [5.74, 6) is 0.751.